The highest BCUT2D eigenvalue weighted by Gasteiger charge is 2.26. The van der Waals surface area contributed by atoms with Crippen LogP contribution in [0.25, 0.3) is 11.3 Å². The number of carbonyl (C=O) groups excluding carboxylic acids is 1. The van der Waals surface area contributed by atoms with E-state index in [2.05, 4.69) is 10.3 Å². The number of hydrogen-bond donors (Lipinski definition) is 2. The average Bonchev–Trinajstić information content (AvgIpc) is 3.01. The molecule has 0 aliphatic carbocycles. The minimum absolute atomic E-state index is 0.00396. The van der Waals surface area contributed by atoms with Gasteiger partial charge in [0.15, 0.2) is 0 Å². The van der Waals surface area contributed by atoms with Crippen molar-refractivity contribution in [2.45, 2.75) is 25.4 Å². The largest absolute Gasteiger partial charge is 0.481 e. The molecule has 0 unspecified atom stereocenters. The summed E-state index contributed by atoms with van der Waals surface area (Å²) >= 11 is 1.35. The molecule has 9 heteroatoms. The summed E-state index contributed by atoms with van der Waals surface area (Å²) in [5, 5.41) is 13.4. The molecule has 134 valence electrons. The van der Waals surface area contributed by atoms with Crippen molar-refractivity contribution in [2.75, 3.05) is 6.54 Å². The van der Waals surface area contributed by atoms with E-state index >= 15 is 0 Å². The van der Waals surface area contributed by atoms with Crippen molar-refractivity contribution in [3.05, 3.63) is 40.2 Å². The molecule has 1 aromatic heterocycles. The van der Waals surface area contributed by atoms with Crippen LogP contribution in [0.5, 0.6) is 0 Å². The third kappa shape index (κ3) is 6.18. The third-order valence-corrected chi connectivity index (χ3v) is 4.15. The minimum atomic E-state index is -4.31. The maximum absolute atomic E-state index is 12.1. The van der Waals surface area contributed by atoms with Crippen LogP contribution in [0.4, 0.5) is 13.2 Å². The van der Waals surface area contributed by atoms with Crippen molar-refractivity contribution in [1.29, 1.82) is 0 Å². The van der Waals surface area contributed by atoms with Crippen LogP contribution in [0.1, 0.15) is 28.2 Å². The van der Waals surface area contributed by atoms with E-state index in [0.717, 1.165) is 5.56 Å². The number of benzene rings is 1. The molecule has 0 bridgehead atoms. The van der Waals surface area contributed by atoms with Gasteiger partial charge in [-0.3, -0.25) is 9.59 Å². The second-order valence-electron chi connectivity index (χ2n) is 5.22. The Hall–Kier alpha value is -2.42. The fourth-order valence-corrected chi connectivity index (χ4v) is 2.79. The number of aryl methyl sites for hydroxylation is 1. The zero-order valence-corrected chi connectivity index (χ0v) is 13.8. The zero-order valence-electron chi connectivity index (χ0n) is 13.0. The van der Waals surface area contributed by atoms with Crippen molar-refractivity contribution in [2.24, 2.45) is 0 Å². The van der Waals surface area contributed by atoms with E-state index < -0.39 is 31.0 Å². The van der Waals surface area contributed by atoms with Gasteiger partial charge in [0.2, 0.25) is 0 Å². The lowest BCUT2D eigenvalue weighted by Crippen LogP contribution is -2.27. The van der Waals surface area contributed by atoms with Gasteiger partial charge < -0.3 is 10.4 Å². The number of hydrogen-bond acceptors (Lipinski definition) is 4. The van der Waals surface area contributed by atoms with Crippen molar-refractivity contribution >= 4 is 23.2 Å². The first kappa shape index (κ1) is 18.9. The molecule has 1 amide bonds. The predicted molar refractivity (Wildman–Crippen MR) is 86.5 cm³/mol. The van der Waals surface area contributed by atoms with Crippen LogP contribution in [-0.4, -0.2) is 34.7 Å². The molecular formula is C16H15F3N2O3S. The summed E-state index contributed by atoms with van der Waals surface area (Å²) in [6, 6.07) is 6.31. The molecule has 1 aromatic carbocycles. The van der Waals surface area contributed by atoms with Crippen LogP contribution in [0.3, 0.4) is 0 Å². The van der Waals surface area contributed by atoms with E-state index in [1.54, 1.807) is 17.5 Å². The molecule has 0 aliphatic rings. The number of halogens is 3. The molecule has 25 heavy (non-hydrogen) atoms. The lowest BCUT2D eigenvalue weighted by molar-refractivity contribution is -0.137. The van der Waals surface area contributed by atoms with Gasteiger partial charge in [0, 0.05) is 29.5 Å². The van der Waals surface area contributed by atoms with Crippen LogP contribution in [0.15, 0.2) is 29.6 Å². The molecule has 0 spiro atoms. The van der Waals surface area contributed by atoms with E-state index in [0.29, 0.717) is 17.1 Å². The maximum Gasteiger partial charge on any atom is 0.390 e. The molecule has 0 atom stereocenters. The van der Waals surface area contributed by atoms with Gasteiger partial charge in [-0.15, -0.1) is 11.3 Å². The number of amides is 1. The molecule has 2 aromatic rings. The Morgan fingerprint density at radius 2 is 1.88 bits per heavy atom. The van der Waals surface area contributed by atoms with Crippen molar-refractivity contribution < 1.29 is 27.9 Å². The van der Waals surface area contributed by atoms with Gasteiger partial charge in [-0.05, 0) is 12.1 Å². The van der Waals surface area contributed by atoms with Crippen LogP contribution >= 0.6 is 11.3 Å². The molecule has 5 nitrogen and oxygen atoms in total. The first-order valence-corrected chi connectivity index (χ1v) is 8.24. The molecular weight excluding hydrogens is 357 g/mol. The molecule has 0 saturated heterocycles. The number of carboxylic acid groups (broad SMARTS) is 1. The summed E-state index contributed by atoms with van der Waals surface area (Å²) in [4.78, 5) is 26.7. The maximum atomic E-state index is 12.1. The molecule has 0 aliphatic heterocycles. The van der Waals surface area contributed by atoms with E-state index in [1.165, 1.54) is 23.5 Å². The summed E-state index contributed by atoms with van der Waals surface area (Å²) in [7, 11) is 0. The fourth-order valence-electron chi connectivity index (χ4n) is 1.98. The van der Waals surface area contributed by atoms with Crippen LogP contribution < -0.4 is 5.32 Å². The molecule has 1 heterocycles. The van der Waals surface area contributed by atoms with Gasteiger partial charge in [0.05, 0.1) is 23.5 Å². The standard InChI is InChI=1S/C16H15F3N2O3S/c17-16(18,19)7-8-20-15(24)11-3-1-10(2-4-11)12-9-25-13(21-12)5-6-14(22)23/h1-4,9H,5-8H2,(H,20,24)(H,22,23). The van der Waals surface area contributed by atoms with E-state index in [9.17, 15) is 22.8 Å². The average molecular weight is 372 g/mol. The van der Waals surface area contributed by atoms with Gasteiger partial charge in [0.25, 0.3) is 5.91 Å². The number of aliphatic carboxylic acids is 1. The van der Waals surface area contributed by atoms with Gasteiger partial charge in [-0.2, -0.15) is 13.2 Å². The predicted octanol–water partition coefficient (Wildman–Crippen LogP) is 3.51. The monoisotopic (exact) mass is 372 g/mol. The summed E-state index contributed by atoms with van der Waals surface area (Å²) in [6.45, 7) is -0.469. The molecule has 2 N–H and O–H groups in total. The summed E-state index contributed by atoms with van der Waals surface area (Å²) in [6.07, 6.45) is -5.03. The third-order valence-electron chi connectivity index (χ3n) is 3.24. The summed E-state index contributed by atoms with van der Waals surface area (Å²) in [5.74, 6) is -1.46. The molecule has 2 rings (SSSR count). The Morgan fingerprint density at radius 1 is 1.20 bits per heavy atom. The summed E-state index contributed by atoms with van der Waals surface area (Å²) in [5.41, 5.74) is 1.66. The number of aromatic nitrogens is 1. The summed E-state index contributed by atoms with van der Waals surface area (Å²) < 4.78 is 36.2. The molecule has 0 fully saturated rings. The SMILES string of the molecule is O=C(O)CCc1nc(-c2ccc(C(=O)NCCC(F)(F)F)cc2)cs1. The number of carbonyl (C=O) groups is 2. The second-order valence-corrected chi connectivity index (χ2v) is 6.16. The lowest BCUT2D eigenvalue weighted by atomic mass is 10.1. The Kier molecular flexibility index (Phi) is 6.13. The number of thiazole rings is 1. The first-order valence-electron chi connectivity index (χ1n) is 7.36. The zero-order chi connectivity index (χ0) is 18.4. The van der Waals surface area contributed by atoms with Crippen LogP contribution in [-0.2, 0) is 11.2 Å². The van der Waals surface area contributed by atoms with Gasteiger partial charge >= 0.3 is 12.1 Å². The topological polar surface area (TPSA) is 79.3 Å². The second kappa shape index (κ2) is 8.11. The fraction of sp³-hybridized carbons (Fsp3) is 0.312. The minimum Gasteiger partial charge on any atom is -0.481 e. The highest BCUT2D eigenvalue weighted by Crippen LogP contribution is 2.23. The van der Waals surface area contributed by atoms with Gasteiger partial charge in [-0.25, -0.2) is 4.98 Å². The van der Waals surface area contributed by atoms with Gasteiger partial charge in [0.1, 0.15) is 0 Å². The highest BCUT2D eigenvalue weighted by molar-refractivity contribution is 7.09. The quantitative estimate of drug-likeness (QED) is 0.780. The normalized spacial score (nSPS) is 11.3. The highest BCUT2D eigenvalue weighted by atomic mass is 32.1. The van der Waals surface area contributed by atoms with E-state index in [1.807, 2.05) is 0 Å². The van der Waals surface area contributed by atoms with Gasteiger partial charge in [-0.1, -0.05) is 12.1 Å². The number of carboxylic acids is 1. The lowest BCUT2D eigenvalue weighted by Gasteiger charge is -2.08. The number of rotatable bonds is 7. The Morgan fingerprint density at radius 3 is 2.48 bits per heavy atom. The van der Waals surface area contributed by atoms with Crippen LogP contribution in [0.2, 0.25) is 0 Å². The van der Waals surface area contributed by atoms with Crippen molar-refractivity contribution in [3.8, 4) is 11.3 Å². The van der Waals surface area contributed by atoms with Crippen molar-refractivity contribution in [3.63, 3.8) is 0 Å². The number of nitrogens with zero attached hydrogens (tertiary/aromatic N) is 1. The van der Waals surface area contributed by atoms with Crippen molar-refractivity contribution in [1.82, 2.24) is 10.3 Å². The number of nitrogens with one attached hydrogen (secondary N) is 1. The Balaban J connectivity index is 1.95. The smallest absolute Gasteiger partial charge is 0.390 e. The molecule has 0 saturated carbocycles. The number of alkyl halides is 3. The van der Waals surface area contributed by atoms with Crippen LogP contribution in [0, 0.1) is 0 Å². The van der Waals surface area contributed by atoms with E-state index in [4.69, 9.17) is 5.11 Å². The van der Waals surface area contributed by atoms with E-state index in [-0.39, 0.29) is 12.0 Å². The Bertz CT molecular complexity index is 742. The molecule has 0 radical (unpaired) electrons. The Labute approximate surface area is 145 Å². The first-order chi connectivity index (χ1) is 11.7.